The summed E-state index contributed by atoms with van der Waals surface area (Å²) in [5.41, 5.74) is 7.20. The fourth-order valence-corrected chi connectivity index (χ4v) is 6.02. The lowest BCUT2D eigenvalue weighted by atomic mass is 10.0. The van der Waals surface area contributed by atoms with Crippen molar-refractivity contribution < 1.29 is 32.4 Å². The van der Waals surface area contributed by atoms with E-state index >= 15 is 4.39 Å². The van der Waals surface area contributed by atoms with Gasteiger partial charge >= 0.3 is 13.8 Å². The quantitative estimate of drug-likeness (QED) is 0.208. The number of aromatic nitrogens is 5. The zero-order valence-corrected chi connectivity index (χ0v) is 21.7. The Morgan fingerprint density at radius 2 is 1.97 bits per heavy atom. The van der Waals surface area contributed by atoms with Crippen LogP contribution in [0.1, 0.15) is 31.7 Å². The smallest absolute Gasteiger partial charge is 0.421 e. The molecule has 2 bridgehead atoms. The van der Waals surface area contributed by atoms with Gasteiger partial charge in [0.05, 0.1) is 34.4 Å². The van der Waals surface area contributed by atoms with Gasteiger partial charge in [-0.2, -0.15) is 9.97 Å². The van der Waals surface area contributed by atoms with Crippen molar-refractivity contribution in [2.45, 2.75) is 38.0 Å². The summed E-state index contributed by atoms with van der Waals surface area (Å²) >= 11 is 0. The average Bonchev–Trinajstić information content (AvgIpc) is 3.57. The summed E-state index contributed by atoms with van der Waals surface area (Å²) in [4.78, 5) is 40.3. The van der Waals surface area contributed by atoms with E-state index in [1.54, 1.807) is 7.05 Å². The third-order valence-corrected chi connectivity index (χ3v) is 7.83. The number of rotatable bonds is 7. The number of ether oxygens (including phenoxy) is 1. The van der Waals surface area contributed by atoms with E-state index < -0.39 is 25.6 Å². The Morgan fingerprint density at radius 1 is 1.23 bits per heavy atom. The van der Waals surface area contributed by atoms with E-state index in [1.807, 2.05) is 4.90 Å². The normalized spacial score (nSPS) is 21.7. The van der Waals surface area contributed by atoms with Crippen LogP contribution in [0.4, 0.5) is 20.3 Å². The van der Waals surface area contributed by atoms with E-state index in [4.69, 9.17) is 20.3 Å². The average molecular weight is 562 g/mol. The molecule has 16 heteroatoms. The zero-order chi connectivity index (χ0) is 27.6. The Morgan fingerprint density at radius 3 is 2.59 bits per heavy atom. The fraction of sp³-hybridized carbons (Fsp3) is 0.391. The number of phosphoric ester groups is 1. The Kier molecular flexibility index (Phi) is 6.15. The number of hydrogen-bond donors (Lipinski definition) is 5. The SMILES string of the molecule is CNc1cc(F)c(F)c2c1[nH]c1nc(Oc3cnc(C(C)OP(=O)(O)O)nc3)nc(N3C[C@H]4C[C@@H]3C[C@H]4N)c12. The van der Waals surface area contributed by atoms with E-state index in [1.165, 1.54) is 19.3 Å². The minimum atomic E-state index is -4.73. The molecular weight excluding hydrogens is 537 g/mol. The summed E-state index contributed by atoms with van der Waals surface area (Å²) in [5.74, 6) is -1.19. The highest BCUT2D eigenvalue weighted by Gasteiger charge is 2.44. The molecule has 1 saturated heterocycles. The van der Waals surface area contributed by atoms with Gasteiger partial charge in [-0.3, -0.25) is 4.52 Å². The maximum Gasteiger partial charge on any atom is 0.470 e. The molecule has 206 valence electrons. The third-order valence-electron chi connectivity index (χ3n) is 7.24. The monoisotopic (exact) mass is 562 g/mol. The van der Waals surface area contributed by atoms with Crippen LogP contribution in [0.15, 0.2) is 18.5 Å². The standard InChI is InChI=1S/C23H25F2N8O5P/c1-9(38-39(34,35)36)20-28-6-12(7-29-20)37-23-31-21-17(16-18(25)13(24)5-15(27-2)19(16)30-21)22(32-23)33-8-10-3-11(33)4-14(10)26/h5-7,9-11,14,27H,3-4,8,26H2,1-2H3,(H,30,31,32)(H2,34,35,36)/t9?,10-,11-,14-/m1/s1. The van der Waals surface area contributed by atoms with E-state index in [-0.39, 0.29) is 46.6 Å². The Bertz CT molecular complexity index is 1630. The zero-order valence-electron chi connectivity index (χ0n) is 20.8. The predicted octanol–water partition coefficient (Wildman–Crippen LogP) is 3.11. The van der Waals surface area contributed by atoms with Crippen molar-refractivity contribution in [1.82, 2.24) is 24.9 Å². The van der Waals surface area contributed by atoms with Crippen molar-refractivity contribution >= 4 is 41.3 Å². The largest absolute Gasteiger partial charge is 0.470 e. The van der Waals surface area contributed by atoms with Gasteiger partial charge in [-0.25, -0.2) is 23.3 Å². The molecule has 4 atom stereocenters. The number of nitrogens with zero attached hydrogens (tertiary/aromatic N) is 5. The molecule has 1 saturated carbocycles. The van der Waals surface area contributed by atoms with Crippen LogP contribution in [-0.4, -0.2) is 60.4 Å². The van der Waals surface area contributed by atoms with Crippen LogP contribution in [0, 0.1) is 17.6 Å². The predicted molar refractivity (Wildman–Crippen MR) is 136 cm³/mol. The second kappa shape index (κ2) is 9.31. The summed E-state index contributed by atoms with van der Waals surface area (Å²) < 4.78 is 51.3. The lowest BCUT2D eigenvalue weighted by Crippen LogP contribution is -2.41. The van der Waals surface area contributed by atoms with E-state index in [9.17, 15) is 8.96 Å². The van der Waals surface area contributed by atoms with Gasteiger partial charge in [-0.1, -0.05) is 0 Å². The van der Waals surface area contributed by atoms with Gasteiger partial charge in [-0.15, -0.1) is 0 Å². The van der Waals surface area contributed by atoms with Crippen molar-refractivity contribution in [2.75, 3.05) is 23.8 Å². The number of H-pyrrole nitrogens is 1. The van der Waals surface area contributed by atoms with Crippen LogP contribution in [-0.2, 0) is 9.09 Å². The summed E-state index contributed by atoms with van der Waals surface area (Å²) in [5, 5.41) is 3.25. The maximum atomic E-state index is 15.2. The van der Waals surface area contributed by atoms with Crippen molar-refractivity contribution in [2.24, 2.45) is 11.7 Å². The topological polar surface area (TPSA) is 185 Å². The van der Waals surface area contributed by atoms with Crippen LogP contribution in [0.25, 0.3) is 21.9 Å². The first-order valence-corrected chi connectivity index (χ1v) is 13.7. The van der Waals surface area contributed by atoms with Crippen molar-refractivity contribution in [3.05, 3.63) is 35.9 Å². The first-order chi connectivity index (χ1) is 18.5. The van der Waals surface area contributed by atoms with Gasteiger partial charge in [0.2, 0.25) is 0 Å². The molecule has 0 spiro atoms. The molecule has 3 aromatic heterocycles. The van der Waals surface area contributed by atoms with Crippen LogP contribution in [0.2, 0.25) is 0 Å². The summed E-state index contributed by atoms with van der Waals surface area (Å²) in [7, 11) is -3.12. The number of anilines is 2. The second-order valence-corrected chi connectivity index (χ2v) is 10.9. The number of piperidine rings is 1. The van der Waals surface area contributed by atoms with E-state index in [0.717, 1.165) is 18.9 Å². The summed E-state index contributed by atoms with van der Waals surface area (Å²) in [6, 6.07) is 1.14. The summed E-state index contributed by atoms with van der Waals surface area (Å²) in [6.07, 6.45) is 3.11. The number of phosphoric acid groups is 1. The van der Waals surface area contributed by atoms with Gasteiger partial charge in [0, 0.05) is 31.7 Å². The first-order valence-electron chi connectivity index (χ1n) is 12.2. The first kappa shape index (κ1) is 25.8. The van der Waals surface area contributed by atoms with E-state index in [0.29, 0.717) is 29.0 Å². The molecule has 0 amide bonds. The highest BCUT2D eigenvalue weighted by atomic mass is 31.2. The molecule has 0 radical (unpaired) electrons. The lowest BCUT2D eigenvalue weighted by molar-refractivity contribution is 0.140. The molecule has 6 rings (SSSR count). The Labute approximate surface area is 220 Å². The van der Waals surface area contributed by atoms with Gasteiger partial charge in [0.1, 0.15) is 17.6 Å². The molecule has 2 aliphatic rings. The number of hydrogen-bond acceptors (Lipinski definition) is 10. The molecule has 39 heavy (non-hydrogen) atoms. The molecule has 1 aliphatic heterocycles. The van der Waals surface area contributed by atoms with Gasteiger partial charge in [0.15, 0.2) is 23.2 Å². The van der Waals surface area contributed by atoms with Gasteiger partial charge in [-0.05, 0) is 25.7 Å². The number of aromatic amines is 1. The number of fused-ring (bicyclic) bond motifs is 5. The van der Waals surface area contributed by atoms with Gasteiger partial charge in [0.25, 0.3) is 0 Å². The van der Waals surface area contributed by atoms with Crippen LogP contribution >= 0.6 is 7.82 Å². The molecule has 1 aliphatic carbocycles. The van der Waals surface area contributed by atoms with Crippen molar-refractivity contribution in [3.63, 3.8) is 0 Å². The molecule has 4 aromatic rings. The van der Waals surface area contributed by atoms with Crippen molar-refractivity contribution in [3.8, 4) is 11.8 Å². The fourth-order valence-electron chi connectivity index (χ4n) is 5.51. The van der Waals surface area contributed by atoms with Crippen LogP contribution < -0.4 is 20.7 Å². The Balaban J connectivity index is 1.43. The number of nitrogens with one attached hydrogen (secondary N) is 2. The second-order valence-electron chi connectivity index (χ2n) is 9.72. The van der Waals surface area contributed by atoms with E-state index in [2.05, 4.69) is 34.8 Å². The number of benzene rings is 1. The minimum Gasteiger partial charge on any atom is -0.421 e. The molecule has 6 N–H and O–H groups in total. The number of halogens is 2. The molecule has 1 aromatic carbocycles. The highest BCUT2D eigenvalue weighted by Crippen LogP contribution is 2.45. The molecular formula is C23H25F2N8O5P. The highest BCUT2D eigenvalue weighted by molar-refractivity contribution is 7.46. The Hall–Kier alpha value is -3.49. The van der Waals surface area contributed by atoms with Crippen molar-refractivity contribution in [1.29, 1.82) is 0 Å². The van der Waals surface area contributed by atoms with Crippen LogP contribution in [0.5, 0.6) is 11.8 Å². The number of nitrogens with two attached hydrogens (primary N) is 1. The minimum absolute atomic E-state index is 0.0277. The maximum absolute atomic E-state index is 15.2. The molecule has 13 nitrogen and oxygen atoms in total. The molecule has 4 heterocycles. The molecule has 2 fully saturated rings. The van der Waals surface area contributed by atoms with Crippen LogP contribution in [0.3, 0.4) is 0 Å². The molecule has 1 unspecified atom stereocenters. The van der Waals surface area contributed by atoms with Gasteiger partial charge < -0.3 is 35.5 Å². The third kappa shape index (κ3) is 4.55. The summed E-state index contributed by atoms with van der Waals surface area (Å²) in [6.45, 7) is 2.00. The lowest BCUT2D eigenvalue weighted by Gasteiger charge is -2.31.